The number of anilines is 1. The highest BCUT2D eigenvalue weighted by Crippen LogP contribution is 2.36. The number of hydrogen-bond acceptors (Lipinski definition) is 7. The van der Waals surface area contributed by atoms with Gasteiger partial charge in [-0.05, 0) is 39.0 Å². The lowest BCUT2D eigenvalue weighted by atomic mass is 10.0. The molecule has 1 amide bonds. The second-order valence-electron chi connectivity index (χ2n) is 8.94. The number of nitrogens with zero attached hydrogens (tertiary/aromatic N) is 5. The van der Waals surface area contributed by atoms with Crippen molar-refractivity contribution in [2.24, 2.45) is 0 Å². The van der Waals surface area contributed by atoms with Crippen molar-refractivity contribution in [2.75, 3.05) is 44.7 Å². The lowest BCUT2D eigenvalue weighted by Gasteiger charge is -2.36. The third kappa shape index (κ3) is 5.56. The number of hydrogen-bond donors (Lipinski definition) is 0. The lowest BCUT2D eigenvalue weighted by molar-refractivity contribution is -0.122. The molecule has 0 bridgehead atoms. The van der Waals surface area contributed by atoms with Crippen LogP contribution in [0, 0.1) is 18.3 Å². The molecule has 0 atom stereocenters. The number of amides is 1. The number of thiocarbonyl (C=S) groups is 1. The van der Waals surface area contributed by atoms with E-state index >= 15 is 0 Å². The first-order valence-corrected chi connectivity index (χ1v) is 13.4. The summed E-state index contributed by atoms with van der Waals surface area (Å²) in [4.78, 5) is 33.1. The average molecular weight is 502 g/mol. The van der Waals surface area contributed by atoms with Gasteiger partial charge in [0.25, 0.3) is 11.5 Å². The van der Waals surface area contributed by atoms with Gasteiger partial charge in [-0.3, -0.25) is 19.1 Å². The zero-order valence-corrected chi connectivity index (χ0v) is 22.4. The first-order valence-electron chi connectivity index (χ1n) is 12.2. The number of carbonyl (C=O) groups is 1. The fourth-order valence-electron chi connectivity index (χ4n) is 4.49. The van der Waals surface area contributed by atoms with Gasteiger partial charge in [0, 0.05) is 44.8 Å². The van der Waals surface area contributed by atoms with Crippen LogP contribution in [0.2, 0.25) is 0 Å². The maximum absolute atomic E-state index is 13.3. The van der Waals surface area contributed by atoms with E-state index in [1.165, 1.54) is 31.0 Å². The SMILES string of the molecule is CCCCCCCN1C(=O)C(=Cc2c(C)c(C#N)c(=O)n(CC)c2N2CCN(C)CC2)SC1=S. The molecule has 2 saturated heterocycles. The van der Waals surface area contributed by atoms with Crippen molar-refractivity contribution in [1.29, 1.82) is 5.26 Å². The summed E-state index contributed by atoms with van der Waals surface area (Å²) in [7, 11) is 2.09. The predicted molar refractivity (Wildman–Crippen MR) is 144 cm³/mol. The van der Waals surface area contributed by atoms with Crippen LogP contribution in [-0.2, 0) is 11.3 Å². The van der Waals surface area contributed by atoms with Crippen molar-refractivity contribution in [1.82, 2.24) is 14.4 Å². The summed E-state index contributed by atoms with van der Waals surface area (Å²) in [5, 5.41) is 9.73. The lowest BCUT2D eigenvalue weighted by Crippen LogP contribution is -2.47. The van der Waals surface area contributed by atoms with Gasteiger partial charge in [-0.2, -0.15) is 5.26 Å². The number of aromatic nitrogens is 1. The third-order valence-corrected chi connectivity index (χ3v) is 7.98. The van der Waals surface area contributed by atoms with Gasteiger partial charge in [0.15, 0.2) is 0 Å². The molecule has 0 aromatic carbocycles. The smallest absolute Gasteiger partial charge is 0.270 e. The molecule has 2 aliphatic heterocycles. The number of likely N-dealkylation sites (N-methyl/N-ethyl adjacent to an activating group) is 1. The summed E-state index contributed by atoms with van der Waals surface area (Å²) in [6.07, 6.45) is 7.44. The number of piperazine rings is 1. The Morgan fingerprint density at radius 1 is 1.09 bits per heavy atom. The minimum Gasteiger partial charge on any atom is -0.355 e. The Bertz CT molecular complexity index is 1060. The van der Waals surface area contributed by atoms with Crippen LogP contribution in [0.5, 0.6) is 0 Å². The number of unbranched alkanes of at least 4 members (excludes halogenated alkanes) is 4. The van der Waals surface area contributed by atoms with Gasteiger partial charge in [0.1, 0.15) is 21.8 Å². The van der Waals surface area contributed by atoms with E-state index in [0.29, 0.717) is 27.9 Å². The number of pyridine rings is 1. The normalized spacial score (nSPS) is 18.3. The first-order chi connectivity index (χ1) is 16.3. The fraction of sp³-hybridized carbons (Fsp3) is 0.600. The quantitative estimate of drug-likeness (QED) is 0.288. The van der Waals surface area contributed by atoms with Crippen molar-refractivity contribution in [3.63, 3.8) is 0 Å². The van der Waals surface area contributed by atoms with Crippen LogP contribution in [-0.4, -0.2) is 64.4 Å². The monoisotopic (exact) mass is 501 g/mol. The van der Waals surface area contributed by atoms with Crippen LogP contribution in [0.1, 0.15) is 62.6 Å². The molecule has 2 fully saturated rings. The Kier molecular flexibility index (Phi) is 9.34. The molecular weight excluding hydrogens is 466 g/mol. The number of carbonyl (C=O) groups excluding carboxylic acids is 1. The topological polar surface area (TPSA) is 72.6 Å². The zero-order valence-electron chi connectivity index (χ0n) is 20.7. The zero-order chi connectivity index (χ0) is 24.8. The van der Waals surface area contributed by atoms with Crippen molar-refractivity contribution < 1.29 is 4.79 Å². The van der Waals surface area contributed by atoms with Crippen LogP contribution >= 0.6 is 24.0 Å². The summed E-state index contributed by atoms with van der Waals surface area (Å²) < 4.78 is 2.26. The minimum absolute atomic E-state index is 0.0815. The standard InChI is InChI=1S/C25H35N5O2S2/c1-5-7-8-9-10-11-30-24(32)21(34-25(30)33)16-19-18(3)20(17-26)23(31)29(6-2)22(19)28-14-12-27(4)13-15-28/h16H,5-15H2,1-4H3. The van der Waals surface area contributed by atoms with E-state index in [2.05, 4.69) is 29.8 Å². The van der Waals surface area contributed by atoms with Crippen molar-refractivity contribution >= 4 is 46.1 Å². The van der Waals surface area contributed by atoms with Gasteiger partial charge in [0.05, 0.1) is 4.91 Å². The van der Waals surface area contributed by atoms with Gasteiger partial charge in [-0.25, -0.2) is 0 Å². The summed E-state index contributed by atoms with van der Waals surface area (Å²) in [5.41, 5.74) is 1.26. The molecular formula is C25H35N5O2S2. The van der Waals surface area contributed by atoms with Crippen LogP contribution < -0.4 is 10.5 Å². The van der Waals surface area contributed by atoms with E-state index in [1.54, 1.807) is 16.4 Å². The minimum atomic E-state index is -0.270. The van der Waals surface area contributed by atoms with Gasteiger partial charge < -0.3 is 9.80 Å². The number of nitriles is 1. The average Bonchev–Trinajstić information content (AvgIpc) is 3.08. The predicted octanol–water partition coefficient (Wildman–Crippen LogP) is 3.97. The van der Waals surface area contributed by atoms with Crippen molar-refractivity contribution in [3.05, 3.63) is 31.9 Å². The van der Waals surface area contributed by atoms with Gasteiger partial charge in [-0.15, -0.1) is 0 Å². The molecule has 3 rings (SSSR count). The maximum Gasteiger partial charge on any atom is 0.270 e. The second kappa shape index (κ2) is 12.0. The first kappa shape index (κ1) is 26.5. The number of thioether (sulfide) groups is 1. The fourth-order valence-corrected chi connectivity index (χ4v) is 5.78. The molecule has 0 aliphatic carbocycles. The van der Waals surface area contributed by atoms with E-state index in [1.807, 2.05) is 13.0 Å². The molecule has 34 heavy (non-hydrogen) atoms. The number of rotatable bonds is 9. The Labute approximate surface area is 212 Å². The van der Waals surface area contributed by atoms with E-state index in [4.69, 9.17) is 12.2 Å². The largest absolute Gasteiger partial charge is 0.355 e. The van der Waals surface area contributed by atoms with E-state index in [-0.39, 0.29) is 17.0 Å². The van der Waals surface area contributed by atoms with Gasteiger partial charge >= 0.3 is 0 Å². The molecule has 0 saturated carbocycles. The summed E-state index contributed by atoms with van der Waals surface area (Å²) in [6.45, 7) is 10.3. The molecule has 3 heterocycles. The Balaban J connectivity index is 2.00. The van der Waals surface area contributed by atoms with E-state index in [0.717, 1.165) is 50.4 Å². The molecule has 9 heteroatoms. The van der Waals surface area contributed by atoms with E-state index in [9.17, 15) is 14.9 Å². The van der Waals surface area contributed by atoms with Gasteiger partial charge in [0.2, 0.25) is 0 Å². The molecule has 0 N–H and O–H groups in total. The molecule has 0 spiro atoms. The Hall–Kier alpha value is -2.15. The summed E-state index contributed by atoms with van der Waals surface area (Å²) in [5.74, 6) is 0.712. The second-order valence-corrected chi connectivity index (χ2v) is 10.6. The van der Waals surface area contributed by atoms with Crippen LogP contribution in [0.25, 0.3) is 6.08 Å². The van der Waals surface area contributed by atoms with Crippen LogP contribution in [0.15, 0.2) is 9.70 Å². The van der Waals surface area contributed by atoms with E-state index < -0.39 is 0 Å². The highest BCUT2D eigenvalue weighted by atomic mass is 32.2. The van der Waals surface area contributed by atoms with Crippen molar-refractivity contribution in [3.8, 4) is 6.07 Å². The molecule has 7 nitrogen and oxygen atoms in total. The summed E-state index contributed by atoms with van der Waals surface area (Å²) in [6, 6.07) is 2.10. The van der Waals surface area contributed by atoms with Crippen LogP contribution in [0.4, 0.5) is 5.82 Å². The molecule has 184 valence electrons. The maximum atomic E-state index is 13.3. The van der Waals surface area contributed by atoms with Gasteiger partial charge in [-0.1, -0.05) is 56.6 Å². The molecule has 2 aliphatic rings. The molecule has 1 aromatic rings. The highest BCUT2D eigenvalue weighted by Gasteiger charge is 2.33. The molecule has 0 unspecified atom stereocenters. The third-order valence-electron chi connectivity index (χ3n) is 6.60. The Morgan fingerprint density at radius 3 is 2.38 bits per heavy atom. The van der Waals surface area contributed by atoms with Crippen molar-refractivity contribution in [2.45, 2.75) is 59.4 Å². The Morgan fingerprint density at radius 2 is 1.76 bits per heavy atom. The molecule has 1 aromatic heterocycles. The highest BCUT2D eigenvalue weighted by molar-refractivity contribution is 8.26. The van der Waals surface area contributed by atoms with Crippen LogP contribution in [0.3, 0.4) is 0 Å². The summed E-state index contributed by atoms with van der Waals surface area (Å²) >= 11 is 6.85. The molecule has 0 radical (unpaired) electrons.